The standard InChI is InChI=1S/C20H29N3O2/c1-14(2)12-17-15(3)23(11-10-22(4)5)19-8-6-16(13-18(17)19)7-9-20(24)25-21/h6-9,13-14H,10-12,21H2,1-5H3/b9-7+. The third-order valence-corrected chi connectivity index (χ3v) is 4.39. The Balaban J connectivity index is 2.50. The molecule has 0 saturated carbocycles. The first-order valence-corrected chi connectivity index (χ1v) is 8.68. The summed E-state index contributed by atoms with van der Waals surface area (Å²) in [6.07, 6.45) is 4.12. The van der Waals surface area contributed by atoms with Crippen molar-refractivity contribution in [3.05, 3.63) is 41.1 Å². The largest absolute Gasteiger partial charge is 0.370 e. The van der Waals surface area contributed by atoms with Crippen molar-refractivity contribution >= 4 is 22.9 Å². The smallest absolute Gasteiger partial charge is 0.349 e. The number of rotatable bonds is 7. The van der Waals surface area contributed by atoms with Gasteiger partial charge in [-0.05, 0) is 62.7 Å². The fourth-order valence-corrected chi connectivity index (χ4v) is 3.13. The summed E-state index contributed by atoms with van der Waals surface area (Å²) in [5.74, 6) is 4.91. The number of carbonyl (C=O) groups excluding carboxylic acids is 1. The molecule has 5 nitrogen and oxygen atoms in total. The molecule has 0 unspecified atom stereocenters. The van der Waals surface area contributed by atoms with Crippen LogP contribution < -0.4 is 5.90 Å². The molecule has 0 fully saturated rings. The molecular formula is C20H29N3O2. The fraction of sp³-hybridized carbons (Fsp3) is 0.450. The second kappa shape index (κ2) is 8.32. The van der Waals surface area contributed by atoms with Gasteiger partial charge in [-0.3, -0.25) is 0 Å². The van der Waals surface area contributed by atoms with Gasteiger partial charge in [-0.2, -0.15) is 5.90 Å². The van der Waals surface area contributed by atoms with Crippen LogP contribution in [0, 0.1) is 12.8 Å². The predicted molar refractivity (Wildman–Crippen MR) is 103 cm³/mol. The number of aromatic nitrogens is 1. The molecule has 2 N–H and O–H groups in total. The highest BCUT2D eigenvalue weighted by Crippen LogP contribution is 2.29. The average Bonchev–Trinajstić information content (AvgIpc) is 2.81. The van der Waals surface area contributed by atoms with Crippen LogP contribution in [0.2, 0.25) is 0 Å². The number of nitrogens with zero attached hydrogens (tertiary/aromatic N) is 2. The average molecular weight is 343 g/mol. The Morgan fingerprint density at radius 2 is 2.08 bits per heavy atom. The van der Waals surface area contributed by atoms with Gasteiger partial charge in [0.1, 0.15) is 0 Å². The van der Waals surface area contributed by atoms with Crippen molar-refractivity contribution in [1.29, 1.82) is 0 Å². The Bertz CT molecular complexity index is 773. The van der Waals surface area contributed by atoms with Gasteiger partial charge in [0.25, 0.3) is 0 Å². The van der Waals surface area contributed by atoms with Crippen LogP contribution in [0.1, 0.15) is 30.7 Å². The van der Waals surface area contributed by atoms with Gasteiger partial charge < -0.3 is 14.3 Å². The van der Waals surface area contributed by atoms with Gasteiger partial charge >= 0.3 is 5.97 Å². The normalized spacial score (nSPS) is 12.0. The highest BCUT2D eigenvalue weighted by molar-refractivity contribution is 5.90. The molecule has 5 heteroatoms. The Hall–Kier alpha value is -2.11. The molecule has 2 rings (SSSR count). The quantitative estimate of drug-likeness (QED) is 0.620. The molecule has 0 aliphatic carbocycles. The van der Waals surface area contributed by atoms with E-state index in [1.54, 1.807) is 6.08 Å². The predicted octanol–water partition coefficient (Wildman–Crippen LogP) is 3.14. The fourth-order valence-electron chi connectivity index (χ4n) is 3.13. The van der Waals surface area contributed by atoms with E-state index in [0.29, 0.717) is 5.92 Å². The third kappa shape index (κ3) is 4.71. The van der Waals surface area contributed by atoms with Crippen molar-refractivity contribution in [3.63, 3.8) is 0 Å². The van der Waals surface area contributed by atoms with E-state index < -0.39 is 5.97 Å². The maximum Gasteiger partial charge on any atom is 0.349 e. The molecule has 136 valence electrons. The Kier molecular flexibility index (Phi) is 6.39. The zero-order chi connectivity index (χ0) is 18.6. The first-order valence-electron chi connectivity index (χ1n) is 8.68. The summed E-state index contributed by atoms with van der Waals surface area (Å²) in [4.78, 5) is 17.6. The lowest BCUT2D eigenvalue weighted by Crippen LogP contribution is -2.19. The van der Waals surface area contributed by atoms with E-state index >= 15 is 0 Å². The highest BCUT2D eigenvalue weighted by atomic mass is 16.7. The lowest BCUT2D eigenvalue weighted by Gasteiger charge is -2.13. The Morgan fingerprint density at radius 3 is 2.68 bits per heavy atom. The number of fused-ring (bicyclic) bond motifs is 1. The van der Waals surface area contributed by atoms with E-state index in [1.165, 1.54) is 28.2 Å². The van der Waals surface area contributed by atoms with Crippen LogP contribution in [0.3, 0.4) is 0 Å². The monoisotopic (exact) mass is 343 g/mol. The van der Waals surface area contributed by atoms with Crippen LogP contribution in [-0.4, -0.2) is 36.1 Å². The van der Waals surface area contributed by atoms with Gasteiger partial charge in [0.15, 0.2) is 0 Å². The number of carbonyl (C=O) groups is 1. The second-order valence-electron chi connectivity index (χ2n) is 7.16. The van der Waals surface area contributed by atoms with Crippen molar-refractivity contribution in [2.24, 2.45) is 11.8 Å². The number of nitrogens with two attached hydrogens (primary N) is 1. The molecule has 0 aliphatic rings. The molecule has 0 spiro atoms. The molecule has 0 radical (unpaired) electrons. The van der Waals surface area contributed by atoms with Crippen molar-refractivity contribution < 1.29 is 9.63 Å². The number of benzene rings is 1. The second-order valence-corrected chi connectivity index (χ2v) is 7.16. The molecule has 0 atom stereocenters. The molecule has 1 heterocycles. The van der Waals surface area contributed by atoms with E-state index in [1.807, 2.05) is 6.07 Å². The summed E-state index contributed by atoms with van der Waals surface area (Å²) >= 11 is 0. The van der Waals surface area contributed by atoms with Crippen LogP contribution >= 0.6 is 0 Å². The van der Waals surface area contributed by atoms with Crippen molar-refractivity contribution in [3.8, 4) is 0 Å². The summed E-state index contributed by atoms with van der Waals surface area (Å²) in [7, 11) is 4.19. The zero-order valence-electron chi connectivity index (χ0n) is 15.9. The van der Waals surface area contributed by atoms with Crippen LogP contribution in [0.15, 0.2) is 24.3 Å². The molecule has 0 saturated heterocycles. The lowest BCUT2D eigenvalue weighted by molar-refractivity contribution is -0.138. The van der Waals surface area contributed by atoms with Gasteiger partial charge in [0.2, 0.25) is 0 Å². The Morgan fingerprint density at radius 1 is 1.36 bits per heavy atom. The number of hydrogen-bond donors (Lipinski definition) is 1. The van der Waals surface area contributed by atoms with Gasteiger partial charge in [0.05, 0.1) is 0 Å². The molecule has 0 aliphatic heterocycles. The summed E-state index contributed by atoms with van der Waals surface area (Å²) < 4.78 is 2.40. The summed E-state index contributed by atoms with van der Waals surface area (Å²) in [5.41, 5.74) is 4.93. The van der Waals surface area contributed by atoms with E-state index in [2.05, 4.69) is 61.3 Å². The minimum Gasteiger partial charge on any atom is -0.370 e. The van der Waals surface area contributed by atoms with Crippen LogP contribution in [-0.2, 0) is 22.6 Å². The third-order valence-electron chi connectivity index (χ3n) is 4.39. The minimum atomic E-state index is -0.553. The van der Waals surface area contributed by atoms with Crippen molar-refractivity contribution in [2.45, 2.75) is 33.7 Å². The van der Waals surface area contributed by atoms with Gasteiger partial charge in [0, 0.05) is 35.8 Å². The van der Waals surface area contributed by atoms with Gasteiger partial charge in [-0.25, -0.2) is 4.79 Å². The molecule has 1 aromatic carbocycles. The molecular weight excluding hydrogens is 314 g/mol. The van der Waals surface area contributed by atoms with Crippen molar-refractivity contribution in [2.75, 3.05) is 20.6 Å². The van der Waals surface area contributed by atoms with Gasteiger partial charge in [-0.1, -0.05) is 19.9 Å². The molecule has 0 bridgehead atoms. The van der Waals surface area contributed by atoms with E-state index in [0.717, 1.165) is 25.1 Å². The first kappa shape index (κ1) is 19.2. The topological polar surface area (TPSA) is 60.5 Å². The number of hydrogen-bond acceptors (Lipinski definition) is 4. The zero-order valence-corrected chi connectivity index (χ0v) is 15.9. The molecule has 0 amide bonds. The van der Waals surface area contributed by atoms with E-state index in [-0.39, 0.29) is 0 Å². The Labute approximate surface area is 150 Å². The molecule has 1 aromatic heterocycles. The lowest BCUT2D eigenvalue weighted by atomic mass is 9.99. The van der Waals surface area contributed by atoms with E-state index in [4.69, 9.17) is 5.90 Å². The summed E-state index contributed by atoms with van der Waals surface area (Å²) in [6, 6.07) is 6.30. The van der Waals surface area contributed by atoms with Crippen LogP contribution in [0.25, 0.3) is 17.0 Å². The minimum absolute atomic E-state index is 0.553. The molecule has 2 aromatic rings. The van der Waals surface area contributed by atoms with Crippen molar-refractivity contribution in [1.82, 2.24) is 9.47 Å². The highest BCUT2D eigenvalue weighted by Gasteiger charge is 2.15. The SMILES string of the molecule is Cc1c(CC(C)C)c2cc(/C=C/C(=O)ON)ccc2n1CCN(C)C. The summed E-state index contributed by atoms with van der Waals surface area (Å²) in [6.45, 7) is 8.64. The van der Waals surface area contributed by atoms with Gasteiger partial charge in [-0.15, -0.1) is 0 Å². The maximum atomic E-state index is 11.2. The molecule has 25 heavy (non-hydrogen) atoms. The summed E-state index contributed by atoms with van der Waals surface area (Å²) in [5, 5.41) is 1.26. The van der Waals surface area contributed by atoms with Crippen LogP contribution in [0.4, 0.5) is 0 Å². The van der Waals surface area contributed by atoms with Crippen LogP contribution in [0.5, 0.6) is 0 Å². The number of likely N-dealkylation sites (N-methyl/N-ethyl adjacent to an activating group) is 1. The maximum absolute atomic E-state index is 11.2. The van der Waals surface area contributed by atoms with E-state index in [9.17, 15) is 4.79 Å². The first-order chi connectivity index (χ1) is 11.8.